The summed E-state index contributed by atoms with van der Waals surface area (Å²) in [6.07, 6.45) is -3.38. The predicted molar refractivity (Wildman–Crippen MR) is 102 cm³/mol. The summed E-state index contributed by atoms with van der Waals surface area (Å²) in [5.74, 6) is -1.49. The van der Waals surface area contributed by atoms with Crippen molar-refractivity contribution in [2.24, 2.45) is 0 Å². The van der Waals surface area contributed by atoms with Gasteiger partial charge >= 0.3 is 12.1 Å². The molecule has 1 atom stereocenters. The van der Waals surface area contributed by atoms with Crippen LogP contribution in [0, 0.1) is 5.82 Å². The standard InChI is InChI=1S/C20H21F4NO4S/c21-15-12-10-14(11-13-15)17(7-2-1-3-9-19(26)27)25-30(28,29)18-8-5-4-6-16(18)20(22,23)24/h4-6,8,10-13,17,25H,1-3,7,9H2,(H,26,27). The number of carbonyl (C=O) groups is 1. The normalized spacial score (nSPS) is 13.2. The van der Waals surface area contributed by atoms with Crippen LogP contribution in [-0.2, 0) is 21.0 Å². The lowest BCUT2D eigenvalue weighted by Crippen LogP contribution is -2.30. The lowest BCUT2D eigenvalue weighted by molar-refractivity contribution is -0.140. The third-order valence-corrected chi connectivity index (χ3v) is 5.97. The van der Waals surface area contributed by atoms with Crippen molar-refractivity contribution in [1.82, 2.24) is 4.72 Å². The second-order valence-electron chi connectivity index (χ2n) is 6.71. The summed E-state index contributed by atoms with van der Waals surface area (Å²) < 4.78 is 80.8. The van der Waals surface area contributed by atoms with Gasteiger partial charge in [-0.2, -0.15) is 13.2 Å². The molecule has 10 heteroatoms. The Kier molecular flexibility index (Phi) is 7.96. The molecule has 2 aromatic rings. The Labute approximate surface area is 171 Å². The quantitative estimate of drug-likeness (QED) is 0.401. The minimum Gasteiger partial charge on any atom is -0.481 e. The number of hydrogen-bond donors (Lipinski definition) is 2. The Bertz CT molecular complexity index is 960. The number of carboxylic acids is 1. The summed E-state index contributed by atoms with van der Waals surface area (Å²) in [4.78, 5) is 9.70. The van der Waals surface area contributed by atoms with Gasteiger partial charge in [0.25, 0.3) is 0 Å². The first kappa shape index (κ1) is 23.8. The minimum atomic E-state index is -4.85. The third-order valence-electron chi connectivity index (χ3n) is 4.44. The van der Waals surface area contributed by atoms with Crippen LogP contribution in [0.15, 0.2) is 53.4 Å². The van der Waals surface area contributed by atoms with E-state index in [1.807, 2.05) is 0 Å². The average Bonchev–Trinajstić information content (AvgIpc) is 2.66. The summed E-state index contributed by atoms with van der Waals surface area (Å²) in [7, 11) is -4.55. The number of benzene rings is 2. The molecule has 0 radical (unpaired) electrons. The van der Waals surface area contributed by atoms with Gasteiger partial charge in [-0.25, -0.2) is 17.5 Å². The third kappa shape index (κ3) is 6.81. The Balaban J connectivity index is 2.26. The van der Waals surface area contributed by atoms with Gasteiger partial charge in [0.15, 0.2) is 0 Å². The second-order valence-corrected chi connectivity index (χ2v) is 8.39. The Morgan fingerprint density at radius 2 is 1.63 bits per heavy atom. The van der Waals surface area contributed by atoms with Gasteiger partial charge in [-0.05, 0) is 42.7 Å². The number of hydrogen-bond acceptors (Lipinski definition) is 3. The molecular weight excluding hydrogens is 426 g/mol. The number of sulfonamides is 1. The zero-order chi connectivity index (χ0) is 22.4. The smallest absolute Gasteiger partial charge is 0.417 e. The first-order valence-electron chi connectivity index (χ1n) is 9.16. The number of rotatable bonds is 10. The van der Waals surface area contributed by atoms with Gasteiger partial charge in [0.1, 0.15) is 5.82 Å². The molecule has 0 aliphatic carbocycles. The highest BCUT2D eigenvalue weighted by molar-refractivity contribution is 7.89. The molecule has 0 aliphatic rings. The van der Waals surface area contributed by atoms with Crippen LogP contribution in [0.5, 0.6) is 0 Å². The van der Waals surface area contributed by atoms with Crippen molar-refractivity contribution in [2.75, 3.05) is 0 Å². The number of carboxylic acid groups (broad SMARTS) is 1. The molecule has 0 fully saturated rings. The lowest BCUT2D eigenvalue weighted by Gasteiger charge is -2.21. The van der Waals surface area contributed by atoms with Crippen molar-refractivity contribution in [3.8, 4) is 0 Å². The van der Waals surface area contributed by atoms with Gasteiger partial charge in [0.05, 0.1) is 10.5 Å². The highest BCUT2D eigenvalue weighted by atomic mass is 32.2. The van der Waals surface area contributed by atoms with Crippen LogP contribution in [0.3, 0.4) is 0 Å². The fourth-order valence-electron chi connectivity index (χ4n) is 2.98. The number of alkyl halides is 3. The van der Waals surface area contributed by atoms with E-state index in [1.165, 1.54) is 18.2 Å². The first-order chi connectivity index (χ1) is 14.0. The molecule has 0 aliphatic heterocycles. The van der Waals surface area contributed by atoms with Gasteiger partial charge in [0, 0.05) is 12.5 Å². The van der Waals surface area contributed by atoms with Crippen LogP contribution in [0.25, 0.3) is 0 Å². The van der Waals surface area contributed by atoms with Crippen molar-refractivity contribution < 1.29 is 35.9 Å². The van der Waals surface area contributed by atoms with Crippen molar-refractivity contribution in [2.45, 2.75) is 49.2 Å². The lowest BCUT2D eigenvalue weighted by atomic mass is 10.0. The molecule has 2 rings (SSSR count). The number of aliphatic carboxylic acids is 1. The van der Waals surface area contributed by atoms with Gasteiger partial charge in [0.2, 0.25) is 10.0 Å². The van der Waals surface area contributed by atoms with Crippen LogP contribution in [0.4, 0.5) is 17.6 Å². The first-order valence-corrected chi connectivity index (χ1v) is 10.6. The van der Waals surface area contributed by atoms with Crippen LogP contribution in [0.1, 0.15) is 49.3 Å². The predicted octanol–water partition coefficient (Wildman–Crippen LogP) is 4.90. The molecule has 0 aromatic heterocycles. The molecule has 0 amide bonds. The molecule has 1 unspecified atom stereocenters. The highest BCUT2D eigenvalue weighted by Gasteiger charge is 2.37. The van der Waals surface area contributed by atoms with Crippen LogP contribution in [-0.4, -0.2) is 19.5 Å². The van der Waals surface area contributed by atoms with E-state index in [0.717, 1.165) is 24.3 Å². The van der Waals surface area contributed by atoms with Crippen LogP contribution < -0.4 is 4.72 Å². The van der Waals surface area contributed by atoms with Gasteiger partial charge in [-0.15, -0.1) is 0 Å². The number of unbranched alkanes of at least 4 members (excludes halogenated alkanes) is 2. The van der Waals surface area contributed by atoms with E-state index in [2.05, 4.69) is 4.72 Å². The SMILES string of the molecule is O=C(O)CCCCCC(NS(=O)(=O)c1ccccc1C(F)(F)F)c1ccc(F)cc1. The largest absolute Gasteiger partial charge is 0.481 e. The van der Waals surface area contributed by atoms with Crippen molar-refractivity contribution in [3.05, 3.63) is 65.5 Å². The molecule has 2 aromatic carbocycles. The van der Waals surface area contributed by atoms with E-state index in [1.54, 1.807) is 0 Å². The molecule has 0 saturated heterocycles. The van der Waals surface area contributed by atoms with Crippen molar-refractivity contribution in [3.63, 3.8) is 0 Å². The average molecular weight is 447 g/mol. The zero-order valence-electron chi connectivity index (χ0n) is 15.8. The van der Waals surface area contributed by atoms with E-state index in [-0.39, 0.29) is 12.8 Å². The van der Waals surface area contributed by atoms with Gasteiger partial charge < -0.3 is 5.11 Å². The maximum Gasteiger partial charge on any atom is 0.417 e. The number of nitrogens with one attached hydrogen (secondary N) is 1. The summed E-state index contributed by atoms with van der Waals surface area (Å²) in [6, 6.07) is 7.93. The summed E-state index contributed by atoms with van der Waals surface area (Å²) in [5, 5.41) is 8.68. The van der Waals surface area contributed by atoms with E-state index in [4.69, 9.17) is 5.11 Å². The summed E-state index contributed by atoms with van der Waals surface area (Å²) in [6.45, 7) is 0. The molecule has 0 spiro atoms. The van der Waals surface area contributed by atoms with Crippen LogP contribution >= 0.6 is 0 Å². The highest BCUT2D eigenvalue weighted by Crippen LogP contribution is 2.34. The van der Waals surface area contributed by atoms with Gasteiger partial charge in [-0.1, -0.05) is 37.1 Å². The fraction of sp³-hybridized carbons (Fsp3) is 0.350. The number of halogens is 4. The Hall–Kier alpha value is -2.46. The monoisotopic (exact) mass is 447 g/mol. The molecule has 0 saturated carbocycles. The molecule has 5 nitrogen and oxygen atoms in total. The molecular formula is C20H21F4NO4S. The maximum absolute atomic E-state index is 13.3. The topological polar surface area (TPSA) is 83.5 Å². The van der Waals surface area contributed by atoms with Crippen molar-refractivity contribution >= 4 is 16.0 Å². The summed E-state index contributed by atoms with van der Waals surface area (Å²) >= 11 is 0. The maximum atomic E-state index is 13.3. The van der Waals surface area contributed by atoms with Gasteiger partial charge in [-0.3, -0.25) is 4.79 Å². The fourth-order valence-corrected chi connectivity index (χ4v) is 4.46. The Morgan fingerprint density at radius 1 is 1.00 bits per heavy atom. The molecule has 164 valence electrons. The molecule has 0 bridgehead atoms. The molecule has 2 N–H and O–H groups in total. The van der Waals surface area contributed by atoms with Crippen LogP contribution in [0.2, 0.25) is 0 Å². The van der Waals surface area contributed by atoms with E-state index in [9.17, 15) is 30.8 Å². The zero-order valence-corrected chi connectivity index (χ0v) is 16.6. The van der Waals surface area contributed by atoms with E-state index in [0.29, 0.717) is 30.9 Å². The minimum absolute atomic E-state index is 0.0358. The van der Waals surface area contributed by atoms with E-state index >= 15 is 0 Å². The molecule has 0 heterocycles. The van der Waals surface area contributed by atoms with E-state index < -0.39 is 44.5 Å². The van der Waals surface area contributed by atoms with Crippen molar-refractivity contribution in [1.29, 1.82) is 0 Å². The summed E-state index contributed by atoms with van der Waals surface area (Å²) in [5.41, 5.74) is -0.889. The second kappa shape index (κ2) is 10.0. The molecule has 30 heavy (non-hydrogen) atoms. The Morgan fingerprint density at radius 3 is 2.23 bits per heavy atom.